The molecule has 0 spiro atoms. The third-order valence-corrected chi connectivity index (χ3v) is 9.32. The number of piperazine rings is 1. The fourth-order valence-electron chi connectivity index (χ4n) is 4.94. The van der Waals surface area contributed by atoms with Gasteiger partial charge in [-0.1, -0.05) is 25.0 Å². The zero-order valence-corrected chi connectivity index (χ0v) is 21.8. The number of carbonyl (C=O) groups is 1. The number of anilines is 1. The van der Waals surface area contributed by atoms with E-state index in [2.05, 4.69) is 4.72 Å². The highest BCUT2D eigenvalue weighted by Crippen LogP contribution is 2.31. The molecule has 0 bridgehead atoms. The first-order valence-corrected chi connectivity index (χ1v) is 15.1. The summed E-state index contributed by atoms with van der Waals surface area (Å²) in [5.41, 5.74) is 0.456. The molecular formula is C24H31FN4O6S2. The summed E-state index contributed by atoms with van der Waals surface area (Å²) in [6.45, 7) is 0.946. The minimum Gasteiger partial charge on any atom is -0.394 e. The summed E-state index contributed by atoms with van der Waals surface area (Å²) < 4.78 is 66.9. The third-order valence-electron chi connectivity index (χ3n) is 6.92. The second-order valence-corrected chi connectivity index (χ2v) is 12.6. The van der Waals surface area contributed by atoms with Crippen LogP contribution < -0.4 is 14.8 Å². The number of carbonyl (C=O) groups excluding carboxylic acids is 1. The van der Waals surface area contributed by atoms with E-state index < -0.39 is 38.5 Å². The maximum atomic E-state index is 13.6. The minimum absolute atomic E-state index is 0.0543. The molecule has 1 saturated carbocycles. The Morgan fingerprint density at radius 2 is 1.73 bits per heavy atom. The number of rotatable bonds is 8. The van der Waals surface area contributed by atoms with Crippen molar-refractivity contribution >= 4 is 31.6 Å². The molecule has 0 radical (unpaired) electrons. The highest BCUT2D eigenvalue weighted by atomic mass is 32.2. The number of primary sulfonamides is 1. The zero-order chi connectivity index (χ0) is 26.8. The fraction of sp³-hybridized carbons (Fsp3) is 0.458. The van der Waals surface area contributed by atoms with Gasteiger partial charge in [0.2, 0.25) is 26.0 Å². The molecule has 0 aromatic heterocycles. The van der Waals surface area contributed by atoms with Crippen LogP contribution in [0, 0.1) is 11.7 Å². The van der Waals surface area contributed by atoms with E-state index in [-0.39, 0.29) is 32.9 Å². The van der Waals surface area contributed by atoms with Gasteiger partial charge < -0.3 is 14.9 Å². The molecule has 1 amide bonds. The molecule has 2 aromatic carbocycles. The smallest absolute Gasteiger partial charge is 0.241 e. The summed E-state index contributed by atoms with van der Waals surface area (Å²) in [6.07, 6.45) is 3.91. The monoisotopic (exact) mass is 554 g/mol. The topological polar surface area (TPSA) is 150 Å². The van der Waals surface area contributed by atoms with Gasteiger partial charge in [0.15, 0.2) is 0 Å². The number of aliphatic hydroxyl groups excluding tert-OH is 1. The third kappa shape index (κ3) is 6.29. The molecule has 1 saturated heterocycles. The second-order valence-electron chi connectivity index (χ2n) is 9.38. The molecule has 2 aromatic rings. The molecule has 37 heavy (non-hydrogen) atoms. The predicted octanol–water partition coefficient (Wildman–Crippen LogP) is 1.32. The first-order chi connectivity index (χ1) is 17.5. The van der Waals surface area contributed by atoms with Crippen molar-refractivity contribution in [1.29, 1.82) is 0 Å². The number of nitrogens with two attached hydrogens (primary N) is 1. The number of halogens is 1. The molecule has 4 N–H and O–H groups in total. The SMILES string of the molecule is NS(=O)(=O)c1cc(S(=O)(=O)NC(CO)c2cccc(F)c2)ccc1N1CCN(C(=O)C2CCCC2)CC1. The lowest BCUT2D eigenvalue weighted by Crippen LogP contribution is -2.50. The van der Waals surface area contributed by atoms with E-state index in [1.54, 1.807) is 9.80 Å². The Morgan fingerprint density at radius 3 is 2.32 bits per heavy atom. The molecule has 1 aliphatic carbocycles. The van der Waals surface area contributed by atoms with Crippen molar-refractivity contribution in [2.75, 3.05) is 37.7 Å². The van der Waals surface area contributed by atoms with Crippen molar-refractivity contribution in [1.82, 2.24) is 9.62 Å². The molecule has 202 valence electrons. The van der Waals surface area contributed by atoms with Crippen LogP contribution in [0.1, 0.15) is 37.3 Å². The summed E-state index contributed by atoms with van der Waals surface area (Å²) in [5, 5.41) is 15.2. The van der Waals surface area contributed by atoms with E-state index in [9.17, 15) is 31.1 Å². The average molecular weight is 555 g/mol. The van der Waals surface area contributed by atoms with Crippen LogP contribution in [0.3, 0.4) is 0 Å². The molecule has 4 rings (SSSR count). The van der Waals surface area contributed by atoms with E-state index in [0.29, 0.717) is 26.2 Å². The molecule has 2 fully saturated rings. The van der Waals surface area contributed by atoms with E-state index in [1.807, 2.05) is 0 Å². The number of hydrogen-bond acceptors (Lipinski definition) is 7. The lowest BCUT2D eigenvalue weighted by molar-refractivity contribution is -0.135. The van der Waals surface area contributed by atoms with Gasteiger partial charge in [-0.2, -0.15) is 0 Å². The average Bonchev–Trinajstić information content (AvgIpc) is 3.41. The van der Waals surface area contributed by atoms with Gasteiger partial charge in [0, 0.05) is 32.1 Å². The van der Waals surface area contributed by atoms with E-state index >= 15 is 0 Å². The molecule has 10 nitrogen and oxygen atoms in total. The van der Waals surface area contributed by atoms with Crippen LogP contribution >= 0.6 is 0 Å². The minimum atomic E-state index is -4.32. The van der Waals surface area contributed by atoms with Crippen molar-refractivity contribution in [2.45, 2.75) is 41.5 Å². The summed E-state index contributed by atoms with van der Waals surface area (Å²) in [5.74, 6) is -0.409. The highest BCUT2D eigenvalue weighted by molar-refractivity contribution is 7.90. The molecule has 1 atom stereocenters. The number of nitrogens with one attached hydrogen (secondary N) is 1. The number of hydrogen-bond donors (Lipinski definition) is 3. The second kappa shape index (κ2) is 11.0. The molecule has 1 aliphatic heterocycles. The number of amides is 1. The highest BCUT2D eigenvalue weighted by Gasteiger charge is 2.31. The van der Waals surface area contributed by atoms with Gasteiger partial charge in [-0.3, -0.25) is 4.79 Å². The Labute approximate surface area is 216 Å². The molecule has 2 aliphatic rings. The molecular weight excluding hydrogens is 523 g/mol. The van der Waals surface area contributed by atoms with Crippen LogP contribution in [0.15, 0.2) is 52.3 Å². The molecule has 1 unspecified atom stereocenters. The summed E-state index contributed by atoms with van der Waals surface area (Å²) in [4.78, 5) is 15.6. The van der Waals surface area contributed by atoms with Gasteiger partial charge in [0.05, 0.1) is 23.2 Å². The number of benzene rings is 2. The van der Waals surface area contributed by atoms with E-state index in [0.717, 1.165) is 37.8 Å². The Bertz CT molecular complexity index is 1360. The maximum Gasteiger partial charge on any atom is 0.241 e. The van der Waals surface area contributed by atoms with Crippen LogP contribution in [0.2, 0.25) is 0 Å². The number of aliphatic hydroxyl groups is 1. The molecule has 1 heterocycles. The molecule has 13 heteroatoms. The van der Waals surface area contributed by atoms with Gasteiger partial charge >= 0.3 is 0 Å². The Morgan fingerprint density at radius 1 is 1.05 bits per heavy atom. The van der Waals surface area contributed by atoms with E-state index in [4.69, 9.17) is 5.14 Å². The van der Waals surface area contributed by atoms with Gasteiger partial charge in [0.25, 0.3) is 0 Å². The Hall–Kier alpha value is -2.58. The van der Waals surface area contributed by atoms with Crippen molar-refractivity contribution in [3.63, 3.8) is 0 Å². The van der Waals surface area contributed by atoms with Crippen LogP contribution in [0.4, 0.5) is 10.1 Å². The van der Waals surface area contributed by atoms with E-state index in [1.165, 1.54) is 30.3 Å². The van der Waals surface area contributed by atoms with Crippen LogP contribution in [-0.4, -0.2) is 65.5 Å². The maximum absolute atomic E-state index is 13.6. The standard InChI is InChI=1S/C24H31FN4O6S2/c25-19-7-3-6-18(14-19)21(16-30)27-37(34,35)20-8-9-22(23(15-20)36(26,32)33)28-10-12-29(13-11-28)24(31)17-4-1-2-5-17/h3,6-9,14-15,17,21,27,30H,1-2,4-5,10-13,16H2,(H2,26,32,33). The Balaban J connectivity index is 1.55. The lowest BCUT2D eigenvalue weighted by atomic mass is 10.1. The normalized spacial score (nSPS) is 18.2. The van der Waals surface area contributed by atoms with Crippen LogP contribution in [0.5, 0.6) is 0 Å². The largest absolute Gasteiger partial charge is 0.394 e. The van der Waals surface area contributed by atoms with Crippen molar-refractivity contribution in [3.05, 3.63) is 53.8 Å². The Kier molecular flexibility index (Phi) is 8.19. The van der Waals surface area contributed by atoms with Gasteiger partial charge in [-0.25, -0.2) is 31.1 Å². The van der Waals surface area contributed by atoms with Crippen molar-refractivity contribution < 1.29 is 31.1 Å². The number of sulfonamides is 2. The summed E-state index contributed by atoms with van der Waals surface area (Å²) >= 11 is 0. The lowest BCUT2D eigenvalue weighted by Gasteiger charge is -2.37. The first kappa shape index (κ1) is 27.5. The summed E-state index contributed by atoms with van der Waals surface area (Å²) in [7, 11) is -8.63. The quantitative estimate of drug-likeness (QED) is 0.445. The zero-order valence-electron chi connectivity index (χ0n) is 20.2. The van der Waals surface area contributed by atoms with Crippen LogP contribution in [-0.2, 0) is 24.8 Å². The fourth-order valence-corrected chi connectivity index (χ4v) is 7.03. The van der Waals surface area contributed by atoms with Crippen LogP contribution in [0.25, 0.3) is 0 Å². The van der Waals surface area contributed by atoms with Gasteiger partial charge in [-0.15, -0.1) is 0 Å². The van der Waals surface area contributed by atoms with Gasteiger partial charge in [0.1, 0.15) is 10.7 Å². The van der Waals surface area contributed by atoms with Gasteiger partial charge in [-0.05, 0) is 48.7 Å². The predicted molar refractivity (Wildman–Crippen MR) is 135 cm³/mol. The van der Waals surface area contributed by atoms with Crippen molar-refractivity contribution in [3.8, 4) is 0 Å². The summed E-state index contributed by atoms with van der Waals surface area (Å²) in [6, 6.07) is 7.58. The van der Waals surface area contributed by atoms with Crippen molar-refractivity contribution in [2.24, 2.45) is 11.1 Å². The first-order valence-electron chi connectivity index (χ1n) is 12.1. The number of nitrogens with zero attached hydrogens (tertiary/aromatic N) is 2.